The van der Waals surface area contributed by atoms with Crippen molar-refractivity contribution in [2.45, 2.75) is 11.3 Å². The Kier molecular flexibility index (Phi) is 6.53. The number of para-hydroxylation sites is 1. The molecule has 6 heteroatoms. The number of anilines is 1. The molecular weight excluding hydrogens is 358 g/mol. The van der Waals surface area contributed by atoms with Crippen molar-refractivity contribution in [3.05, 3.63) is 59.7 Å². The number of hydrogen-bond acceptors (Lipinski definition) is 4. The third kappa shape index (κ3) is 4.90. The molecule has 0 aliphatic carbocycles. The van der Waals surface area contributed by atoms with Crippen LogP contribution < -0.4 is 10.2 Å². The van der Waals surface area contributed by atoms with Gasteiger partial charge in [-0.1, -0.05) is 30.3 Å². The molecule has 2 aromatic rings. The van der Waals surface area contributed by atoms with E-state index in [1.807, 2.05) is 66.4 Å². The summed E-state index contributed by atoms with van der Waals surface area (Å²) in [4.78, 5) is 29.9. The number of hydrogen-bond donors (Lipinski definition) is 1. The molecule has 1 N–H and O–H groups in total. The van der Waals surface area contributed by atoms with E-state index in [0.29, 0.717) is 17.9 Å². The van der Waals surface area contributed by atoms with E-state index in [-0.39, 0.29) is 11.8 Å². The molecule has 0 fully saturated rings. The van der Waals surface area contributed by atoms with Crippen LogP contribution in [-0.4, -0.2) is 56.2 Å². The van der Waals surface area contributed by atoms with E-state index < -0.39 is 0 Å². The number of rotatable bonds is 7. The van der Waals surface area contributed by atoms with E-state index in [0.717, 1.165) is 30.1 Å². The lowest BCUT2D eigenvalue weighted by Gasteiger charge is -2.17. The summed E-state index contributed by atoms with van der Waals surface area (Å²) in [6, 6.07) is 15.5. The summed E-state index contributed by atoms with van der Waals surface area (Å²) in [6.07, 6.45) is 0.900. The molecule has 0 atom stereocenters. The number of likely N-dealkylation sites (N-methyl/N-ethyl adjacent to an activating group) is 1. The summed E-state index contributed by atoms with van der Waals surface area (Å²) in [5.41, 5.74) is 2.85. The number of nitrogens with one attached hydrogen (secondary N) is 1. The normalized spacial score (nSPS) is 12.9. The summed E-state index contributed by atoms with van der Waals surface area (Å²) in [5.74, 6) is 0.294. The zero-order chi connectivity index (χ0) is 19.2. The number of fused-ring (bicyclic) bond motifs is 1. The summed E-state index contributed by atoms with van der Waals surface area (Å²) in [6.45, 7) is 2.10. The van der Waals surface area contributed by atoms with Gasteiger partial charge >= 0.3 is 0 Å². The lowest BCUT2D eigenvalue weighted by molar-refractivity contribution is -0.116. The molecule has 0 unspecified atom stereocenters. The van der Waals surface area contributed by atoms with Crippen molar-refractivity contribution in [2.75, 3.05) is 44.4 Å². The lowest BCUT2D eigenvalue weighted by atomic mass is 10.2. The first-order valence-electron chi connectivity index (χ1n) is 9.09. The Morgan fingerprint density at radius 2 is 1.85 bits per heavy atom. The Bertz CT molecular complexity index is 823. The molecule has 0 aromatic heterocycles. The van der Waals surface area contributed by atoms with Crippen molar-refractivity contribution in [3.8, 4) is 0 Å². The molecule has 2 aromatic carbocycles. The number of thioether (sulfide) groups is 1. The maximum absolute atomic E-state index is 12.7. The smallest absolute Gasteiger partial charge is 0.252 e. The maximum Gasteiger partial charge on any atom is 0.252 e. The number of benzene rings is 2. The minimum absolute atomic E-state index is 0.0766. The van der Waals surface area contributed by atoms with E-state index in [2.05, 4.69) is 11.4 Å². The second kappa shape index (κ2) is 9.06. The largest absolute Gasteiger partial charge is 0.351 e. The monoisotopic (exact) mass is 383 g/mol. The summed E-state index contributed by atoms with van der Waals surface area (Å²) >= 11 is 1.42. The molecule has 0 radical (unpaired) electrons. The van der Waals surface area contributed by atoms with Crippen LogP contribution >= 0.6 is 11.8 Å². The number of amides is 2. The number of nitrogens with zero attached hydrogens (tertiary/aromatic N) is 2. The van der Waals surface area contributed by atoms with Crippen molar-refractivity contribution in [2.24, 2.45) is 0 Å². The molecular formula is C21H25N3O2S. The van der Waals surface area contributed by atoms with Gasteiger partial charge in [0, 0.05) is 30.2 Å². The van der Waals surface area contributed by atoms with Gasteiger partial charge in [0.15, 0.2) is 0 Å². The quantitative estimate of drug-likeness (QED) is 0.747. The summed E-state index contributed by atoms with van der Waals surface area (Å²) < 4.78 is 0. The third-order valence-corrected chi connectivity index (χ3v) is 5.57. The van der Waals surface area contributed by atoms with Gasteiger partial charge in [0.1, 0.15) is 0 Å². The molecule has 1 heterocycles. The van der Waals surface area contributed by atoms with Crippen molar-refractivity contribution in [1.29, 1.82) is 0 Å². The van der Waals surface area contributed by atoms with Gasteiger partial charge in [-0.3, -0.25) is 9.59 Å². The van der Waals surface area contributed by atoms with E-state index in [4.69, 9.17) is 0 Å². The highest BCUT2D eigenvalue weighted by Gasteiger charge is 2.24. The minimum atomic E-state index is -0.0982. The molecule has 1 aliphatic rings. The zero-order valence-corrected chi connectivity index (χ0v) is 16.6. The van der Waals surface area contributed by atoms with Crippen LogP contribution in [0.15, 0.2) is 53.4 Å². The molecule has 0 saturated carbocycles. The van der Waals surface area contributed by atoms with Gasteiger partial charge in [0.05, 0.1) is 11.3 Å². The Hall–Kier alpha value is -2.31. The summed E-state index contributed by atoms with van der Waals surface area (Å²) in [7, 11) is 3.94. The Morgan fingerprint density at radius 1 is 1.11 bits per heavy atom. The van der Waals surface area contributed by atoms with Crippen LogP contribution in [0.25, 0.3) is 0 Å². The highest BCUT2D eigenvalue weighted by atomic mass is 32.2. The standard InChI is InChI=1S/C21H25N3O2S/c1-23(2)14-12-22-21(26)17-8-4-6-10-19(17)27-15-20(25)24-13-11-16-7-3-5-9-18(16)24/h3-10H,11-15H2,1-2H3,(H,22,26). The Balaban J connectivity index is 1.61. The first kappa shape index (κ1) is 19.5. The third-order valence-electron chi connectivity index (χ3n) is 4.52. The van der Waals surface area contributed by atoms with Crippen LogP contribution in [0.4, 0.5) is 5.69 Å². The van der Waals surface area contributed by atoms with Crippen LogP contribution in [0.3, 0.4) is 0 Å². The van der Waals surface area contributed by atoms with Gasteiger partial charge in [-0.25, -0.2) is 0 Å². The average molecular weight is 384 g/mol. The van der Waals surface area contributed by atoms with Gasteiger partial charge in [-0.15, -0.1) is 11.8 Å². The molecule has 0 spiro atoms. The average Bonchev–Trinajstić information content (AvgIpc) is 3.10. The van der Waals surface area contributed by atoms with E-state index in [1.54, 1.807) is 0 Å². The maximum atomic E-state index is 12.7. The van der Waals surface area contributed by atoms with Crippen LogP contribution in [0.2, 0.25) is 0 Å². The molecule has 0 bridgehead atoms. The lowest BCUT2D eigenvalue weighted by Crippen LogP contribution is -2.32. The van der Waals surface area contributed by atoms with Crippen LogP contribution in [-0.2, 0) is 11.2 Å². The predicted molar refractivity (Wildman–Crippen MR) is 111 cm³/mol. The van der Waals surface area contributed by atoms with Gasteiger partial charge < -0.3 is 15.1 Å². The Morgan fingerprint density at radius 3 is 2.67 bits per heavy atom. The second-order valence-corrected chi connectivity index (χ2v) is 7.79. The van der Waals surface area contributed by atoms with Gasteiger partial charge in [-0.05, 0) is 44.3 Å². The topological polar surface area (TPSA) is 52.7 Å². The Labute approximate surface area is 164 Å². The van der Waals surface area contributed by atoms with Gasteiger partial charge in [0.25, 0.3) is 5.91 Å². The molecule has 0 saturated heterocycles. The number of carbonyl (C=O) groups excluding carboxylic acids is 2. The first-order chi connectivity index (χ1) is 13.1. The molecule has 5 nitrogen and oxygen atoms in total. The highest BCUT2D eigenvalue weighted by molar-refractivity contribution is 8.00. The van der Waals surface area contributed by atoms with E-state index >= 15 is 0 Å². The molecule has 2 amide bonds. The predicted octanol–water partition coefficient (Wildman–Crippen LogP) is 2.66. The molecule has 27 heavy (non-hydrogen) atoms. The van der Waals surface area contributed by atoms with Crippen molar-refractivity contribution in [1.82, 2.24) is 10.2 Å². The van der Waals surface area contributed by atoms with Crippen molar-refractivity contribution >= 4 is 29.3 Å². The molecule has 142 valence electrons. The fraction of sp³-hybridized carbons (Fsp3) is 0.333. The van der Waals surface area contributed by atoms with Crippen LogP contribution in [0.5, 0.6) is 0 Å². The fourth-order valence-electron chi connectivity index (χ4n) is 3.08. The first-order valence-corrected chi connectivity index (χ1v) is 10.1. The summed E-state index contributed by atoms with van der Waals surface area (Å²) in [5, 5.41) is 2.94. The second-order valence-electron chi connectivity index (χ2n) is 6.77. The minimum Gasteiger partial charge on any atom is -0.351 e. The fourth-order valence-corrected chi connectivity index (χ4v) is 4.01. The molecule has 3 rings (SSSR count). The van der Waals surface area contributed by atoms with E-state index in [9.17, 15) is 9.59 Å². The van der Waals surface area contributed by atoms with Crippen LogP contribution in [0.1, 0.15) is 15.9 Å². The van der Waals surface area contributed by atoms with Crippen LogP contribution in [0, 0.1) is 0 Å². The highest BCUT2D eigenvalue weighted by Crippen LogP contribution is 2.29. The van der Waals surface area contributed by atoms with Crippen molar-refractivity contribution in [3.63, 3.8) is 0 Å². The zero-order valence-electron chi connectivity index (χ0n) is 15.8. The van der Waals surface area contributed by atoms with Gasteiger partial charge in [-0.2, -0.15) is 0 Å². The van der Waals surface area contributed by atoms with E-state index in [1.165, 1.54) is 17.3 Å². The van der Waals surface area contributed by atoms with Crippen molar-refractivity contribution < 1.29 is 9.59 Å². The number of carbonyl (C=O) groups is 2. The SMILES string of the molecule is CN(C)CCNC(=O)c1ccccc1SCC(=O)N1CCc2ccccc21. The van der Waals surface area contributed by atoms with Gasteiger partial charge in [0.2, 0.25) is 5.91 Å². The molecule has 1 aliphatic heterocycles.